The lowest BCUT2D eigenvalue weighted by Gasteiger charge is -1.97. The molecule has 58 valence electrons. The first-order chi connectivity index (χ1) is 5.81. The fraction of sp³-hybridized carbons (Fsp3) is 0.111. The molecule has 0 amide bonds. The Kier molecular flexibility index (Phi) is 1.34. The molecule has 0 bridgehead atoms. The van der Waals surface area contributed by atoms with Gasteiger partial charge in [0.05, 0.1) is 17.3 Å². The molecule has 0 aliphatic rings. The Labute approximate surface area is 69.9 Å². The van der Waals surface area contributed by atoms with Gasteiger partial charge in [0, 0.05) is 6.20 Å². The van der Waals surface area contributed by atoms with Crippen LogP contribution in [0.25, 0.3) is 5.52 Å². The van der Waals surface area contributed by atoms with Gasteiger partial charge in [0.2, 0.25) is 0 Å². The van der Waals surface area contributed by atoms with Gasteiger partial charge in [-0.3, -0.25) is 0 Å². The van der Waals surface area contributed by atoms with Gasteiger partial charge in [0.1, 0.15) is 6.07 Å². The number of pyridine rings is 1. The van der Waals surface area contributed by atoms with E-state index < -0.39 is 0 Å². The average Bonchev–Trinajstić information content (AvgIpc) is 2.50. The summed E-state index contributed by atoms with van der Waals surface area (Å²) < 4.78 is 1.72. The van der Waals surface area contributed by atoms with Crippen molar-refractivity contribution in [3.8, 4) is 6.07 Å². The van der Waals surface area contributed by atoms with E-state index in [0.717, 1.165) is 11.1 Å². The molecule has 3 heteroatoms. The molecule has 0 aliphatic carbocycles. The lowest BCUT2D eigenvalue weighted by Crippen LogP contribution is -1.90. The van der Waals surface area contributed by atoms with E-state index in [0.29, 0.717) is 5.56 Å². The first kappa shape index (κ1) is 6.86. The summed E-state index contributed by atoms with van der Waals surface area (Å²) in [4.78, 5) is 0. The summed E-state index contributed by atoms with van der Waals surface area (Å²) in [6.45, 7) is 1.95. The molecule has 0 unspecified atom stereocenters. The van der Waals surface area contributed by atoms with E-state index in [1.54, 1.807) is 10.7 Å². The van der Waals surface area contributed by atoms with Crippen molar-refractivity contribution in [2.45, 2.75) is 6.92 Å². The van der Waals surface area contributed by atoms with Crippen molar-refractivity contribution < 1.29 is 0 Å². The standard InChI is InChI=1S/C9H7N3/c1-7-4-8(5-10)9-2-3-11-12(9)6-7/h2-4,6H,1H3. The first-order valence-corrected chi connectivity index (χ1v) is 3.65. The SMILES string of the molecule is Cc1cc(C#N)c2ccnn2c1. The van der Waals surface area contributed by atoms with E-state index in [4.69, 9.17) is 5.26 Å². The quantitative estimate of drug-likeness (QED) is 0.581. The second-order valence-electron chi connectivity index (χ2n) is 2.70. The molecule has 2 aromatic heterocycles. The monoisotopic (exact) mass is 157 g/mol. The number of nitrogens with zero attached hydrogens (tertiary/aromatic N) is 3. The number of hydrogen-bond donors (Lipinski definition) is 0. The highest BCUT2D eigenvalue weighted by Crippen LogP contribution is 2.10. The minimum atomic E-state index is 0.674. The summed E-state index contributed by atoms with van der Waals surface area (Å²) in [7, 11) is 0. The molecular weight excluding hydrogens is 150 g/mol. The molecule has 0 radical (unpaired) electrons. The van der Waals surface area contributed by atoms with Gasteiger partial charge in [-0.15, -0.1) is 0 Å². The number of rotatable bonds is 0. The van der Waals surface area contributed by atoms with Crippen LogP contribution in [0.2, 0.25) is 0 Å². The van der Waals surface area contributed by atoms with Gasteiger partial charge < -0.3 is 0 Å². The predicted molar refractivity (Wildman–Crippen MR) is 44.6 cm³/mol. The van der Waals surface area contributed by atoms with E-state index in [-0.39, 0.29) is 0 Å². The molecule has 2 rings (SSSR count). The molecule has 2 heterocycles. The van der Waals surface area contributed by atoms with Gasteiger partial charge in [-0.25, -0.2) is 4.52 Å². The van der Waals surface area contributed by atoms with Crippen LogP contribution >= 0.6 is 0 Å². The number of hydrogen-bond acceptors (Lipinski definition) is 2. The molecule has 0 N–H and O–H groups in total. The smallest absolute Gasteiger partial charge is 0.101 e. The van der Waals surface area contributed by atoms with Crippen LogP contribution in [0.3, 0.4) is 0 Å². The zero-order chi connectivity index (χ0) is 8.55. The number of aromatic nitrogens is 2. The molecular formula is C9H7N3. The Balaban J connectivity index is 2.91. The average molecular weight is 157 g/mol. The van der Waals surface area contributed by atoms with Crippen LogP contribution < -0.4 is 0 Å². The van der Waals surface area contributed by atoms with Crippen LogP contribution in [0.5, 0.6) is 0 Å². The van der Waals surface area contributed by atoms with Crippen molar-refractivity contribution in [3.05, 3.63) is 35.7 Å². The number of fused-ring (bicyclic) bond motifs is 1. The molecule has 0 aliphatic heterocycles. The fourth-order valence-electron chi connectivity index (χ4n) is 1.25. The maximum Gasteiger partial charge on any atom is 0.101 e. The third kappa shape index (κ3) is 0.857. The first-order valence-electron chi connectivity index (χ1n) is 3.65. The molecule has 0 atom stereocenters. The van der Waals surface area contributed by atoms with E-state index in [1.807, 2.05) is 25.3 Å². The van der Waals surface area contributed by atoms with Crippen molar-refractivity contribution in [1.82, 2.24) is 9.61 Å². The van der Waals surface area contributed by atoms with Crippen LogP contribution in [0.15, 0.2) is 24.5 Å². The van der Waals surface area contributed by atoms with Crippen molar-refractivity contribution in [2.75, 3.05) is 0 Å². The van der Waals surface area contributed by atoms with Gasteiger partial charge in [-0.1, -0.05) is 0 Å². The van der Waals surface area contributed by atoms with E-state index >= 15 is 0 Å². The van der Waals surface area contributed by atoms with Crippen LogP contribution in [-0.2, 0) is 0 Å². The summed E-state index contributed by atoms with van der Waals surface area (Å²) in [5, 5.41) is 12.8. The highest BCUT2D eigenvalue weighted by atomic mass is 15.2. The minimum absolute atomic E-state index is 0.674. The Hall–Kier alpha value is -1.82. The van der Waals surface area contributed by atoms with Crippen LogP contribution in [-0.4, -0.2) is 9.61 Å². The lowest BCUT2D eigenvalue weighted by molar-refractivity contribution is 0.949. The molecule has 12 heavy (non-hydrogen) atoms. The zero-order valence-corrected chi connectivity index (χ0v) is 6.65. The lowest BCUT2D eigenvalue weighted by atomic mass is 10.2. The summed E-state index contributed by atoms with van der Waals surface area (Å²) in [6.07, 6.45) is 3.59. The van der Waals surface area contributed by atoms with Crippen molar-refractivity contribution in [2.24, 2.45) is 0 Å². The van der Waals surface area contributed by atoms with Crippen LogP contribution in [0.4, 0.5) is 0 Å². The Morgan fingerprint density at radius 2 is 2.42 bits per heavy atom. The van der Waals surface area contributed by atoms with Gasteiger partial charge in [0.25, 0.3) is 0 Å². The number of nitriles is 1. The third-order valence-corrected chi connectivity index (χ3v) is 1.76. The van der Waals surface area contributed by atoms with E-state index in [1.165, 1.54) is 0 Å². The molecule has 2 aromatic rings. The molecule has 0 aromatic carbocycles. The fourth-order valence-corrected chi connectivity index (χ4v) is 1.25. The summed E-state index contributed by atoms with van der Waals surface area (Å²) >= 11 is 0. The third-order valence-electron chi connectivity index (χ3n) is 1.76. The highest BCUT2D eigenvalue weighted by molar-refractivity contribution is 5.60. The molecule has 0 fully saturated rings. The van der Waals surface area contributed by atoms with Gasteiger partial charge >= 0.3 is 0 Å². The number of aryl methyl sites for hydroxylation is 1. The summed E-state index contributed by atoms with van der Waals surface area (Å²) in [6, 6.07) is 5.83. The molecule has 0 saturated heterocycles. The second-order valence-corrected chi connectivity index (χ2v) is 2.70. The highest BCUT2D eigenvalue weighted by Gasteiger charge is 2.00. The van der Waals surface area contributed by atoms with Crippen molar-refractivity contribution in [3.63, 3.8) is 0 Å². The summed E-state index contributed by atoms with van der Waals surface area (Å²) in [5.74, 6) is 0. The van der Waals surface area contributed by atoms with Crippen molar-refractivity contribution in [1.29, 1.82) is 5.26 Å². The topological polar surface area (TPSA) is 41.1 Å². The Morgan fingerprint density at radius 3 is 3.17 bits per heavy atom. The minimum Gasteiger partial charge on any atom is -0.239 e. The second kappa shape index (κ2) is 2.35. The Bertz CT molecular complexity index is 462. The van der Waals surface area contributed by atoms with E-state index in [9.17, 15) is 0 Å². The predicted octanol–water partition coefficient (Wildman–Crippen LogP) is 1.51. The van der Waals surface area contributed by atoms with Crippen LogP contribution in [0, 0.1) is 18.3 Å². The van der Waals surface area contributed by atoms with Gasteiger partial charge in [-0.05, 0) is 24.6 Å². The molecule has 0 spiro atoms. The van der Waals surface area contributed by atoms with Crippen molar-refractivity contribution >= 4 is 5.52 Å². The largest absolute Gasteiger partial charge is 0.239 e. The van der Waals surface area contributed by atoms with E-state index in [2.05, 4.69) is 11.2 Å². The zero-order valence-electron chi connectivity index (χ0n) is 6.65. The van der Waals surface area contributed by atoms with Crippen LogP contribution in [0.1, 0.15) is 11.1 Å². The Morgan fingerprint density at radius 1 is 1.58 bits per heavy atom. The maximum atomic E-state index is 8.79. The molecule has 3 nitrogen and oxygen atoms in total. The summed E-state index contributed by atoms with van der Waals surface area (Å²) in [5.41, 5.74) is 2.58. The normalized spacial score (nSPS) is 10.0. The maximum absolute atomic E-state index is 8.79. The van der Waals surface area contributed by atoms with Gasteiger partial charge in [0.15, 0.2) is 0 Å². The molecule has 0 saturated carbocycles. The van der Waals surface area contributed by atoms with Gasteiger partial charge in [-0.2, -0.15) is 10.4 Å².